The van der Waals surface area contributed by atoms with Gasteiger partial charge in [-0.2, -0.15) is 0 Å². The number of hydrogen-bond donors (Lipinski definition) is 2. The van der Waals surface area contributed by atoms with Gasteiger partial charge in [-0.15, -0.1) is 24.0 Å². The number of benzene rings is 2. The van der Waals surface area contributed by atoms with Crippen molar-refractivity contribution in [2.75, 3.05) is 53.0 Å². The molecule has 0 unspecified atom stereocenters. The molecule has 32 heavy (non-hydrogen) atoms. The first-order valence-electron chi connectivity index (χ1n) is 11.4. The first-order chi connectivity index (χ1) is 15.3. The Kier molecular flexibility index (Phi) is 10.2. The molecule has 2 aliphatic heterocycles. The van der Waals surface area contributed by atoms with Gasteiger partial charge in [0.25, 0.3) is 0 Å². The average Bonchev–Trinajstić information content (AvgIpc) is 2.82. The summed E-state index contributed by atoms with van der Waals surface area (Å²) in [6, 6.07) is 17.5. The zero-order valence-corrected chi connectivity index (χ0v) is 21.4. The summed E-state index contributed by atoms with van der Waals surface area (Å²) in [5.74, 6) is 0.860. The van der Waals surface area contributed by atoms with Gasteiger partial charge >= 0.3 is 0 Å². The van der Waals surface area contributed by atoms with Crippen LogP contribution in [0.25, 0.3) is 0 Å². The first-order valence-corrected chi connectivity index (χ1v) is 11.4. The maximum absolute atomic E-state index is 5.48. The van der Waals surface area contributed by atoms with Crippen molar-refractivity contribution in [3.63, 3.8) is 0 Å². The molecule has 0 radical (unpaired) electrons. The molecule has 0 atom stereocenters. The molecule has 4 rings (SSSR count). The van der Waals surface area contributed by atoms with Crippen molar-refractivity contribution < 1.29 is 4.74 Å². The fourth-order valence-electron chi connectivity index (χ4n) is 4.36. The molecule has 0 amide bonds. The number of rotatable bonds is 7. The van der Waals surface area contributed by atoms with Crippen molar-refractivity contribution in [3.8, 4) is 0 Å². The maximum atomic E-state index is 5.48. The lowest BCUT2D eigenvalue weighted by atomic mass is 10.00. The van der Waals surface area contributed by atoms with Crippen LogP contribution >= 0.6 is 24.0 Å². The summed E-state index contributed by atoms with van der Waals surface area (Å²) >= 11 is 0. The van der Waals surface area contributed by atoms with Gasteiger partial charge in [0.15, 0.2) is 5.96 Å². The normalized spacial score (nSPS) is 17.3. The molecule has 0 saturated carbocycles. The Hall–Kier alpha value is -1.68. The van der Waals surface area contributed by atoms with Gasteiger partial charge in [0, 0.05) is 59.4 Å². The van der Waals surface area contributed by atoms with Gasteiger partial charge in [-0.1, -0.05) is 48.5 Å². The minimum atomic E-state index is 0. The van der Waals surface area contributed by atoms with E-state index < -0.39 is 0 Å². The number of ether oxygens (including phenoxy) is 1. The molecular formula is C25H36IN5O. The van der Waals surface area contributed by atoms with Crippen molar-refractivity contribution in [3.05, 3.63) is 70.8 Å². The highest BCUT2D eigenvalue weighted by Gasteiger charge is 2.15. The molecule has 2 heterocycles. The molecule has 7 heteroatoms. The van der Waals surface area contributed by atoms with Crippen LogP contribution in [0.2, 0.25) is 0 Å². The summed E-state index contributed by atoms with van der Waals surface area (Å²) < 4.78 is 5.48. The Morgan fingerprint density at radius 2 is 1.62 bits per heavy atom. The minimum Gasteiger partial charge on any atom is -0.379 e. The Labute approximate surface area is 209 Å². The van der Waals surface area contributed by atoms with Crippen LogP contribution in [0.5, 0.6) is 0 Å². The van der Waals surface area contributed by atoms with Crippen LogP contribution in [-0.2, 0) is 30.8 Å². The molecule has 0 bridgehead atoms. The van der Waals surface area contributed by atoms with Gasteiger partial charge in [-0.05, 0) is 28.7 Å². The molecular weight excluding hydrogens is 513 g/mol. The maximum Gasteiger partial charge on any atom is 0.191 e. The largest absolute Gasteiger partial charge is 0.379 e. The van der Waals surface area contributed by atoms with Gasteiger partial charge in [0.1, 0.15) is 0 Å². The molecule has 0 aromatic heterocycles. The van der Waals surface area contributed by atoms with Crippen molar-refractivity contribution >= 4 is 29.9 Å². The van der Waals surface area contributed by atoms with Crippen LogP contribution in [0, 0.1) is 0 Å². The molecule has 0 aliphatic carbocycles. The van der Waals surface area contributed by atoms with E-state index in [1.54, 1.807) is 0 Å². The molecule has 6 nitrogen and oxygen atoms in total. The summed E-state index contributed by atoms with van der Waals surface area (Å²) in [5.41, 5.74) is 5.66. The Morgan fingerprint density at radius 3 is 2.41 bits per heavy atom. The number of hydrogen-bond acceptors (Lipinski definition) is 4. The highest BCUT2D eigenvalue weighted by molar-refractivity contribution is 14.0. The van der Waals surface area contributed by atoms with E-state index in [9.17, 15) is 0 Å². The SMILES string of the molecule is CN=C(NCCN1CCc2ccccc2C1)NCc1ccccc1CN1CCOCC1.I. The predicted octanol–water partition coefficient (Wildman–Crippen LogP) is 2.86. The fourth-order valence-corrected chi connectivity index (χ4v) is 4.36. The number of fused-ring (bicyclic) bond motifs is 1. The number of guanidine groups is 1. The summed E-state index contributed by atoms with van der Waals surface area (Å²) in [4.78, 5) is 9.39. The zero-order valence-electron chi connectivity index (χ0n) is 19.1. The fraction of sp³-hybridized carbons (Fsp3) is 0.480. The van der Waals surface area contributed by atoms with Gasteiger partial charge < -0.3 is 15.4 Å². The van der Waals surface area contributed by atoms with Gasteiger partial charge in [-0.3, -0.25) is 14.8 Å². The lowest BCUT2D eigenvalue weighted by Crippen LogP contribution is -2.42. The lowest BCUT2D eigenvalue weighted by Gasteiger charge is -2.29. The van der Waals surface area contributed by atoms with Crippen LogP contribution < -0.4 is 10.6 Å². The molecule has 174 valence electrons. The van der Waals surface area contributed by atoms with Gasteiger partial charge in [0.2, 0.25) is 0 Å². The van der Waals surface area contributed by atoms with Crippen LogP contribution in [0.1, 0.15) is 22.3 Å². The quantitative estimate of drug-likeness (QED) is 0.316. The smallest absolute Gasteiger partial charge is 0.191 e. The standard InChI is InChI=1S/C25H35N5O.HI/c1-26-25(27-11-13-29-12-10-21-6-2-4-8-23(21)19-29)28-18-22-7-3-5-9-24(22)20-30-14-16-31-17-15-30;/h2-9H,10-20H2,1H3,(H2,26,27,28);1H. The third-order valence-electron chi connectivity index (χ3n) is 6.22. The topological polar surface area (TPSA) is 52.1 Å². The molecule has 2 N–H and O–H groups in total. The van der Waals surface area contributed by atoms with Crippen LogP contribution in [0.4, 0.5) is 0 Å². The number of nitrogens with zero attached hydrogens (tertiary/aromatic N) is 3. The number of morpholine rings is 1. The lowest BCUT2D eigenvalue weighted by molar-refractivity contribution is 0.0341. The van der Waals surface area contributed by atoms with E-state index in [2.05, 4.69) is 74.0 Å². The third-order valence-corrected chi connectivity index (χ3v) is 6.22. The van der Waals surface area contributed by atoms with Crippen molar-refractivity contribution in [2.45, 2.75) is 26.1 Å². The third kappa shape index (κ3) is 7.16. The highest BCUT2D eigenvalue weighted by Crippen LogP contribution is 2.17. The second kappa shape index (κ2) is 13.1. The average molecular weight is 550 g/mol. The van der Waals surface area contributed by atoms with E-state index in [0.29, 0.717) is 0 Å². The van der Waals surface area contributed by atoms with Crippen LogP contribution in [0.3, 0.4) is 0 Å². The summed E-state index contributed by atoms with van der Waals surface area (Å²) in [6.07, 6.45) is 1.14. The molecule has 2 aromatic rings. The van der Waals surface area contributed by atoms with Crippen molar-refractivity contribution in [2.24, 2.45) is 4.99 Å². The van der Waals surface area contributed by atoms with Gasteiger partial charge in [-0.25, -0.2) is 0 Å². The van der Waals surface area contributed by atoms with E-state index in [1.807, 2.05) is 7.05 Å². The van der Waals surface area contributed by atoms with Gasteiger partial charge in [0.05, 0.1) is 13.2 Å². The first kappa shape index (κ1) is 25.0. The van der Waals surface area contributed by atoms with Crippen LogP contribution in [0.15, 0.2) is 53.5 Å². The monoisotopic (exact) mass is 549 g/mol. The summed E-state index contributed by atoms with van der Waals surface area (Å²) in [6.45, 7) is 9.50. The summed E-state index contributed by atoms with van der Waals surface area (Å²) in [7, 11) is 1.84. The molecule has 0 spiro atoms. The molecule has 1 fully saturated rings. The van der Waals surface area contributed by atoms with E-state index in [-0.39, 0.29) is 24.0 Å². The molecule has 1 saturated heterocycles. The molecule has 2 aromatic carbocycles. The van der Waals surface area contributed by atoms with E-state index in [4.69, 9.17) is 4.74 Å². The summed E-state index contributed by atoms with van der Waals surface area (Å²) in [5, 5.41) is 6.98. The Bertz CT molecular complexity index is 869. The number of halogens is 1. The van der Waals surface area contributed by atoms with E-state index in [1.165, 1.54) is 22.3 Å². The predicted molar refractivity (Wildman–Crippen MR) is 142 cm³/mol. The molecule has 2 aliphatic rings. The zero-order chi connectivity index (χ0) is 21.3. The van der Waals surface area contributed by atoms with Crippen molar-refractivity contribution in [1.82, 2.24) is 20.4 Å². The van der Waals surface area contributed by atoms with E-state index in [0.717, 1.165) is 78.0 Å². The highest BCUT2D eigenvalue weighted by atomic mass is 127. The second-order valence-corrected chi connectivity index (χ2v) is 8.30. The van der Waals surface area contributed by atoms with Crippen molar-refractivity contribution in [1.29, 1.82) is 0 Å². The van der Waals surface area contributed by atoms with Crippen LogP contribution in [-0.4, -0.2) is 68.7 Å². The number of nitrogens with one attached hydrogen (secondary N) is 2. The second-order valence-electron chi connectivity index (χ2n) is 8.30. The minimum absolute atomic E-state index is 0. The Morgan fingerprint density at radius 1 is 0.906 bits per heavy atom. The Balaban J connectivity index is 0.00000289. The number of aliphatic imine (C=N–C) groups is 1. The van der Waals surface area contributed by atoms with E-state index >= 15 is 0 Å².